The highest BCUT2D eigenvalue weighted by atomic mass is 16.5. The van der Waals surface area contributed by atoms with E-state index in [0.29, 0.717) is 6.10 Å². The molecule has 0 radical (unpaired) electrons. The number of amidine groups is 1. The molecule has 4 nitrogen and oxygen atoms in total. The Labute approximate surface area is 120 Å². The molecule has 1 fully saturated rings. The van der Waals surface area contributed by atoms with E-state index in [9.17, 15) is 0 Å². The third-order valence-electron chi connectivity index (χ3n) is 3.96. The van der Waals surface area contributed by atoms with Gasteiger partial charge in [0.05, 0.1) is 19.8 Å². The summed E-state index contributed by atoms with van der Waals surface area (Å²) in [7, 11) is 1.69. The Morgan fingerprint density at radius 1 is 1.15 bits per heavy atom. The molecular formula is C16H22N2O2. The molecule has 0 amide bonds. The highest BCUT2D eigenvalue weighted by Gasteiger charge is 2.18. The van der Waals surface area contributed by atoms with Crippen molar-refractivity contribution >= 4 is 5.84 Å². The van der Waals surface area contributed by atoms with Crippen molar-refractivity contribution in [3.63, 3.8) is 0 Å². The van der Waals surface area contributed by atoms with Crippen molar-refractivity contribution in [2.75, 3.05) is 20.2 Å². The molecule has 1 N–H and O–H groups in total. The van der Waals surface area contributed by atoms with Crippen molar-refractivity contribution in [1.29, 1.82) is 0 Å². The molecule has 108 valence electrons. The molecule has 0 unspecified atom stereocenters. The van der Waals surface area contributed by atoms with Crippen LogP contribution in [0.15, 0.2) is 23.2 Å². The van der Waals surface area contributed by atoms with Gasteiger partial charge in [0.1, 0.15) is 5.84 Å². The first-order valence-electron chi connectivity index (χ1n) is 7.50. The van der Waals surface area contributed by atoms with Gasteiger partial charge in [-0.15, -0.1) is 0 Å². The second-order valence-electron chi connectivity index (χ2n) is 5.40. The number of hydrogen-bond acceptors (Lipinski definition) is 4. The summed E-state index contributed by atoms with van der Waals surface area (Å²) in [6, 6.07) is 6.07. The Morgan fingerprint density at radius 3 is 2.70 bits per heavy atom. The molecular weight excluding hydrogens is 252 g/mol. The van der Waals surface area contributed by atoms with Crippen molar-refractivity contribution in [1.82, 2.24) is 5.32 Å². The van der Waals surface area contributed by atoms with Gasteiger partial charge in [0, 0.05) is 12.1 Å². The molecule has 1 aliphatic carbocycles. The van der Waals surface area contributed by atoms with E-state index in [4.69, 9.17) is 9.47 Å². The fraction of sp³-hybridized carbons (Fsp3) is 0.562. The number of nitrogens with zero attached hydrogens (tertiary/aromatic N) is 1. The van der Waals surface area contributed by atoms with E-state index >= 15 is 0 Å². The first-order chi connectivity index (χ1) is 9.86. The maximum Gasteiger partial charge on any atom is 0.161 e. The van der Waals surface area contributed by atoms with Gasteiger partial charge in [0.2, 0.25) is 0 Å². The summed E-state index contributed by atoms with van der Waals surface area (Å²) in [6.45, 7) is 1.76. The lowest BCUT2D eigenvalue weighted by Crippen LogP contribution is -2.21. The molecule has 0 atom stereocenters. The lowest BCUT2D eigenvalue weighted by atomic mass is 9.98. The van der Waals surface area contributed by atoms with Crippen LogP contribution in [0.5, 0.6) is 11.5 Å². The predicted molar refractivity (Wildman–Crippen MR) is 79.9 cm³/mol. The first-order valence-corrected chi connectivity index (χ1v) is 7.50. The van der Waals surface area contributed by atoms with Crippen molar-refractivity contribution in [2.24, 2.45) is 4.99 Å². The van der Waals surface area contributed by atoms with Gasteiger partial charge in [-0.2, -0.15) is 0 Å². The molecule has 0 bridgehead atoms. The van der Waals surface area contributed by atoms with Gasteiger partial charge >= 0.3 is 0 Å². The number of nitrogens with one attached hydrogen (secondary N) is 1. The summed E-state index contributed by atoms with van der Waals surface area (Å²) in [5.41, 5.74) is 1.07. The van der Waals surface area contributed by atoms with Gasteiger partial charge < -0.3 is 14.8 Å². The predicted octanol–water partition coefficient (Wildman–Crippen LogP) is 2.76. The van der Waals surface area contributed by atoms with Crippen LogP contribution in [0.1, 0.15) is 37.7 Å². The third kappa shape index (κ3) is 2.89. The second-order valence-corrected chi connectivity index (χ2v) is 5.40. The average Bonchev–Trinajstić information content (AvgIpc) is 3.03. The summed E-state index contributed by atoms with van der Waals surface area (Å²) in [6.07, 6.45) is 6.52. The zero-order chi connectivity index (χ0) is 13.8. The molecule has 4 heteroatoms. The smallest absolute Gasteiger partial charge is 0.161 e. The van der Waals surface area contributed by atoms with Crippen LogP contribution in [-0.2, 0) is 0 Å². The Hall–Kier alpha value is -1.71. The van der Waals surface area contributed by atoms with E-state index in [1.54, 1.807) is 7.11 Å². The van der Waals surface area contributed by atoms with E-state index in [1.807, 2.05) is 12.1 Å². The largest absolute Gasteiger partial charge is 0.493 e. The van der Waals surface area contributed by atoms with Gasteiger partial charge in [0.25, 0.3) is 0 Å². The van der Waals surface area contributed by atoms with Crippen molar-refractivity contribution < 1.29 is 9.47 Å². The molecule has 0 aromatic heterocycles. The minimum atomic E-state index is 0.338. The number of methoxy groups -OCH3 is 1. The van der Waals surface area contributed by atoms with Crippen molar-refractivity contribution in [3.05, 3.63) is 23.8 Å². The lowest BCUT2D eigenvalue weighted by molar-refractivity contribution is 0.149. The standard InChI is InChI=1S/C16H22N2O2/c1-19-15-11-12(16-17-9-10-18-16)7-8-14(15)20-13-5-3-2-4-6-13/h7-8,11,13H,2-6,9-10H2,1H3,(H,17,18). The molecule has 1 heterocycles. The minimum absolute atomic E-state index is 0.338. The summed E-state index contributed by atoms with van der Waals surface area (Å²) >= 11 is 0. The number of hydrogen-bond donors (Lipinski definition) is 1. The van der Waals surface area contributed by atoms with E-state index in [-0.39, 0.29) is 0 Å². The van der Waals surface area contributed by atoms with E-state index in [0.717, 1.165) is 48.8 Å². The van der Waals surface area contributed by atoms with E-state index < -0.39 is 0 Å². The van der Waals surface area contributed by atoms with Crippen molar-refractivity contribution in [2.45, 2.75) is 38.2 Å². The van der Waals surface area contributed by atoms with E-state index in [2.05, 4.69) is 16.4 Å². The molecule has 1 saturated carbocycles. The maximum absolute atomic E-state index is 6.11. The first kappa shape index (κ1) is 13.3. The summed E-state index contributed by atoms with van der Waals surface area (Å²) < 4.78 is 11.6. The molecule has 1 aromatic carbocycles. The SMILES string of the molecule is COc1cc(C2=NCCN2)ccc1OC1CCCCC1. The van der Waals surface area contributed by atoms with Crippen LogP contribution < -0.4 is 14.8 Å². The fourth-order valence-electron chi connectivity index (χ4n) is 2.87. The summed E-state index contributed by atoms with van der Waals surface area (Å²) in [5, 5.41) is 3.28. The zero-order valence-corrected chi connectivity index (χ0v) is 12.0. The molecule has 1 aliphatic heterocycles. The monoisotopic (exact) mass is 274 g/mol. The number of rotatable bonds is 4. The van der Waals surface area contributed by atoms with E-state index in [1.165, 1.54) is 19.3 Å². The Bertz CT molecular complexity index is 493. The topological polar surface area (TPSA) is 42.8 Å². The quantitative estimate of drug-likeness (QED) is 0.918. The Morgan fingerprint density at radius 2 is 2.00 bits per heavy atom. The molecule has 2 aliphatic rings. The highest BCUT2D eigenvalue weighted by Crippen LogP contribution is 2.32. The molecule has 0 spiro atoms. The van der Waals surface area contributed by atoms with Crippen LogP contribution in [0, 0.1) is 0 Å². The van der Waals surface area contributed by atoms with Crippen LogP contribution in [0.4, 0.5) is 0 Å². The highest BCUT2D eigenvalue weighted by molar-refractivity contribution is 6.00. The number of benzene rings is 1. The van der Waals surface area contributed by atoms with Crippen LogP contribution in [0.3, 0.4) is 0 Å². The van der Waals surface area contributed by atoms with Crippen LogP contribution in [0.25, 0.3) is 0 Å². The minimum Gasteiger partial charge on any atom is -0.493 e. The normalized spacial score (nSPS) is 19.4. The van der Waals surface area contributed by atoms with Crippen molar-refractivity contribution in [3.8, 4) is 11.5 Å². The van der Waals surface area contributed by atoms with Gasteiger partial charge in [-0.3, -0.25) is 4.99 Å². The van der Waals surface area contributed by atoms with Crippen LogP contribution in [-0.4, -0.2) is 32.1 Å². The molecule has 20 heavy (non-hydrogen) atoms. The second kappa shape index (κ2) is 6.16. The van der Waals surface area contributed by atoms with Gasteiger partial charge in [0.15, 0.2) is 11.5 Å². The third-order valence-corrected chi connectivity index (χ3v) is 3.96. The number of ether oxygens (including phenoxy) is 2. The Kier molecular flexibility index (Phi) is 4.09. The Balaban J connectivity index is 1.76. The van der Waals surface area contributed by atoms with Gasteiger partial charge in [-0.25, -0.2) is 0 Å². The van der Waals surface area contributed by atoms with Crippen LogP contribution >= 0.6 is 0 Å². The molecule has 3 rings (SSSR count). The average molecular weight is 274 g/mol. The lowest BCUT2D eigenvalue weighted by Gasteiger charge is -2.24. The fourth-order valence-corrected chi connectivity index (χ4v) is 2.87. The number of aliphatic imine (C=N–C) groups is 1. The maximum atomic E-state index is 6.11. The van der Waals surface area contributed by atoms with Gasteiger partial charge in [-0.1, -0.05) is 6.42 Å². The molecule has 1 aromatic rings. The summed E-state index contributed by atoms with van der Waals surface area (Å²) in [5.74, 6) is 2.60. The zero-order valence-electron chi connectivity index (χ0n) is 12.0. The van der Waals surface area contributed by atoms with Gasteiger partial charge in [-0.05, 0) is 43.9 Å². The summed E-state index contributed by atoms with van der Waals surface area (Å²) in [4.78, 5) is 4.44. The molecule has 0 saturated heterocycles. The van der Waals surface area contributed by atoms with Crippen LogP contribution in [0.2, 0.25) is 0 Å².